The highest BCUT2D eigenvalue weighted by molar-refractivity contribution is 7.71. The van der Waals surface area contributed by atoms with E-state index in [1.165, 1.54) is 12.1 Å². The van der Waals surface area contributed by atoms with Gasteiger partial charge in [-0.1, -0.05) is 0 Å². The third-order valence-electron chi connectivity index (χ3n) is 4.84. The molecule has 0 N–H and O–H groups in total. The van der Waals surface area contributed by atoms with E-state index in [2.05, 4.69) is 14.9 Å². The molecule has 1 fully saturated rings. The Hall–Kier alpha value is -2.71. The number of methoxy groups -OCH3 is 1. The lowest BCUT2D eigenvalue weighted by Crippen LogP contribution is -2.46. The van der Waals surface area contributed by atoms with Gasteiger partial charge in [0.15, 0.2) is 0 Å². The summed E-state index contributed by atoms with van der Waals surface area (Å²) >= 11 is 5.34. The van der Waals surface area contributed by atoms with Gasteiger partial charge in [0.1, 0.15) is 11.6 Å². The molecule has 1 aromatic heterocycles. The molecule has 1 saturated heterocycles. The topological polar surface area (TPSA) is 46.7 Å². The van der Waals surface area contributed by atoms with Crippen LogP contribution >= 0.6 is 12.2 Å². The van der Waals surface area contributed by atoms with Crippen molar-refractivity contribution in [3.05, 3.63) is 59.2 Å². The number of benzene rings is 2. The molecule has 2 aromatic carbocycles. The third kappa shape index (κ3) is 4.07. The van der Waals surface area contributed by atoms with E-state index in [4.69, 9.17) is 21.4 Å². The molecule has 1 aliphatic heterocycles. The minimum absolute atomic E-state index is 0.213. The lowest BCUT2D eigenvalue weighted by molar-refractivity contribution is 0.192. The van der Waals surface area contributed by atoms with Crippen LogP contribution in [0.15, 0.2) is 52.9 Å². The highest BCUT2D eigenvalue weighted by Crippen LogP contribution is 2.22. The zero-order chi connectivity index (χ0) is 19.5. The molecule has 0 atom stereocenters. The first kappa shape index (κ1) is 18.6. The predicted molar refractivity (Wildman–Crippen MR) is 108 cm³/mol. The number of anilines is 1. The van der Waals surface area contributed by atoms with Crippen molar-refractivity contribution >= 4 is 17.9 Å². The summed E-state index contributed by atoms with van der Waals surface area (Å²) in [6, 6.07) is 14.1. The van der Waals surface area contributed by atoms with Crippen LogP contribution in [0.4, 0.5) is 10.1 Å². The number of rotatable bonds is 5. The molecular weight excluding hydrogens is 379 g/mol. The molecule has 0 amide bonds. The van der Waals surface area contributed by atoms with Gasteiger partial charge in [-0.25, -0.2) is 9.07 Å². The summed E-state index contributed by atoms with van der Waals surface area (Å²) in [7, 11) is 1.63. The van der Waals surface area contributed by atoms with Crippen LogP contribution in [-0.2, 0) is 6.67 Å². The number of hydrogen-bond donors (Lipinski definition) is 0. The van der Waals surface area contributed by atoms with Crippen molar-refractivity contribution in [3.63, 3.8) is 0 Å². The van der Waals surface area contributed by atoms with Crippen molar-refractivity contribution in [1.82, 2.24) is 14.7 Å². The normalized spacial score (nSPS) is 15.0. The number of piperazine rings is 1. The maximum atomic E-state index is 13.1. The summed E-state index contributed by atoms with van der Waals surface area (Å²) < 4.78 is 25.7. The Balaban J connectivity index is 1.39. The molecule has 3 aromatic rings. The number of halogens is 1. The first-order valence-electron chi connectivity index (χ1n) is 9.07. The lowest BCUT2D eigenvalue weighted by atomic mass is 10.2. The number of aromatic nitrogens is 2. The molecular formula is C20H21FN4O2S. The molecule has 2 heterocycles. The van der Waals surface area contributed by atoms with Gasteiger partial charge in [0, 0.05) is 37.4 Å². The van der Waals surface area contributed by atoms with Crippen LogP contribution in [0, 0.1) is 10.7 Å². The van der Waals surface area contributed by atoms with E-state index in [0.29, 0.717) is 17.4 Å². The first-order valence-corrected chi connectivity index (χ1v) is 9.48. The zero-order valence-corrected chi connectivity index (χ0v) is 16.4. The van der Waals surface area contributed by atoms with Gasteiger partial charge in [-0.3, -0.25) is 4.90 Å². The highest BCUT2D eigenvalue weighted by atomic mass is 32.1. The second-order valence-electron chi connectivity index (χ2n) is 6.62. The summed E-state index contributed by atoms with van der Waals surface area (Å²) in [5.41, 5.74) is 1.90. The Morgan fingerprint density at radius 3 is 2.36 bits per heavy atom. The number of hydrogen-bond acceptors (Lipinski definition) is 6. The van der Waals surface area contributed by atoms with Crippen molar-refractivity contribution in [2.45, 2.75) is 6.67 Å². The Morgan fingerprint density at radius 2 is 1.71 bits per heavy atom. The average Bonchev–Trinajstić information content (AvgIpc) is 3.09. The van der Waals surface area contributed by atoms with Crippen LogP contribution in [0.25, 0.3) is 11.5 Å². The molecule has 0 bridgehead atoms. The number of ether oxygens (including phenoxy) is 1. The van der Waals surface area contributed by atoms with Crippen LogP contribution in [-0.4, -0.2) is 48.0 Å². The summed E-state index contributed by atoms with van der Waals surface area (Å²) in [6.45, 7) is 4.04. The van der Waals surface area contributed by atoms with Crippen LogP contribution in [0.2, 0.25) is 0 Å². The van der Waals surface area contributed by atoms with E-state index in [-0.39, 0.29) is 5.82 Å². The van der Waals surface area contributed by atoms with Crippen molar-refractivity contribution in [3.8, 4) is 17.2 Å². The van der Waals surface area contributed by atoms with Crippen molar-refractivity contribution in [2.75, 3.05) is 38.2 Å². The van der Waals surface area contributed by atoms with E-state index in [1.54, 1.807) is 11.8 Å². The molecule has 1 aliphatic rings. The molecule has 0 unspecified atom stereocenters. The first-order chi connectivity index (χ1) is 13.6. The van der Waals surface area contributed by atoms with E-state index in [0.717, 1.165) is 43.2 Å². The fourth-order valence-electron chi connectivity index (χ4n) is 3.23. The van der Waals surface area contributed by atoms with E-state index in [9.17, 15) is 4.39 Å². The number of nitrogens with zero attached hydrogens (tertiary/aromatic N) is 4. The Kier molecular flexibility index (Phi) is 5.40. The summed E-state index contributed by atoms with van der Waals surface area (Å²) in [5.74, 6) is 1.06. The van der Waals surface area contributed by atoms with Gasteiger partial charge in [-0.15, -0.1) is 5.10 Å². The molecule has 6 nitrogen and oxygen atoms in total. The molecule has 0 spiro atoms. The highest BCUT2D eigenvalue weighted by Gasteiger charge is 2.19. The van der Waals surface area contributed by atoms with Gasteiger partial charge < -0.3 is 14.1 Å². The smallest absolute Gasteiger partial charge is 0.288 e. The second-order valence-corrected chi connectivity index (χ2v) is 6.97. The molecule has 0 radical (unpaired) electrons. The fraction of sp³-hybridized carbons (Fsp3) is 0.300. The Bertz CT molecular complexity index is 977. The van der Waals surface area contributed by atoms with Gasteiger partial charge in [0.25, 0.3) is 4.84 Å². The largest absolute Gasteiger partial charge is 0.497 e. The average molecular weight is 400 g/mol. The monoisotopic (exact) mass is 400 g/mol. The third-order valence-corrected chi connectivity index (χ3v) is 5.14. The van der Waals surface area contributed by atoms with Crippen LogP contribution in [0.5, 0.6) is 5.75 Å². The molecule has 8 heteroatoms. The SMILES string of the molecule is COc1ccc(-c2nn(CN3CCN(c4ccc(F)cc4)CC3)c(=S)o2)cc1. The summed E-state index contributed by atoms with van der Waals surface area (Å²) in [5, 5.41) is 4.52. The van der Waals surface area contributed by atoms with Crippen LogP contribution < -0.4 is 9.64 Å². The van der Waals surface area contributed by atoms with Crippen LogP contribution in [0.1, 0.15) is 0 Å². The van der Waals surface area contributed by atoms with Gasteiger partial charge in [0.2, 0.25) is 5.89 Å². The molecule has 0 aliphatic carbocycles. The fourth-order valence-corrected chi connectivity index (χ4v) is 3.41. The van der Waals surface area contributed by atoms with Gasteiger partial charge in [-0.2, -0.15) is 0 Å². The maximum absolute atomic E-state index is 13.1. The Labute approximate surface area is 167 Å². The van der Waals surface area contributed by atoms with Crippen molar-refractivity contribution in [1.29, 1.82) is 0 Å². The minimum Gasteiger partial charge on any atom is -0.497 e. The molecule has 4 rings (SSSR count). The molecule has 146 valence electrons. The van der Waals surface area contributed by atoms with Gasteiger partial charge in [0.05, 0.1) is 13.8 Å². The Morgan fingerprint density at radius 1 is 1.04 bits per heavy atom. The van der Waals surface area contributed by atoms with Crippen molar-refractivity contribution < 1.29 is 13.5 Å². The predicted octanol–water partition coefficient (Wildman–Crippen LogP) is 3.80. The van der Waals surface area contributed by atoms with Crippen LogP contribution in [0.3, 0.4) is 0 Å². The van der Waals surface area contributed by atoms with E-state index >= 15 is 0 Å². The lowest BCUT2D eigenvalue weighted by Gasteiger charge is -2.35. The van der Waals surface area contributed by atoms with E-state index < -0.39 is 0 Å². The zero-order valence-electron chi connectivity index (χ0n) is 15.5. The molecule has 28 heavy (non-hydrogen) atoms. The maximum Gasteiger partial charge on any atom is 0.288 e. The second kappa shape index (κ2) is 8.12. The molecule has 0 saturated carbocycles. The standard InChI is InChI=1S/C20H21FN4O2S/c1-26-18-8-2-15(3-9-18)19-22-25(20(28)27-19)14-23-10-12-24(13-11-23)17-6-4-16(21)5-7-17/h2-9H,10-14H2,1H3. The van der Waals surface area contributed by atoms with Gasteiger partial charge >= 0.3 is 0 Å². The summed E-state index contributed by atoms with van der Waals surface area (Å²) in [6.07, 6.45) is 0. The summed E-state index contributed by atoms with van der Waals surface area (Å²) in [4.78, 5) is 4.88. The van der Waals surface area contributed by atoms with Gasteiger partial charge in [-0.05, 0) is 60.7 Å². The van der Waals surface area contributed by atoms with E-state index in [1.807, 2.05) is 36.4 Å². The van der Waals surface area contributed by atoms with Crippen molar-refractivity contribution in [2.24, 2.45) is 0 Å². The quantitative estimate of drug-likeness (QED) is 0.607. The minimum atomic E-state index is -0.213.